The van der Waals surface area contributed by atoms with E-state index in [4.69, 9.17) is 4.84 Å². The van der Waals surface area contributed by atoms with Crippen LogP contribution in [0.15, 0.2) is 84.9 Å². The second kappa shape index (κ2) is 13.4. The summed E-state index contributed by atoms with van der Waals surface area (Å²) >= 11 is 0. The molecule has 0 heterocycles. The third-order valence-electron chi connectivity index (χ3n) is 9.15. The second-order valence-electron chi connectivity index (χ2n) is 13.1. The van der Waals surface area contributed by atoms with Crippen LogP contribution < -0.4 is 5.32 Å². The number of hydrogen-bond donors (Lipinski definition) is 1. The first-order valence-corrected chi connectivity index (χ1v) is 15.8. The van der Waals surface area contributed by atoms with E-state index in [1.54, 1.807) is 0 Å². The maximum absolute atomic E-state index is 14.8. The number of rotatable bonds is 9. The third-order valence-corrected chi connectivity index (χ3v) is 9.15. The van der Waals surface area contributed by atoms with Gasteiger partial charge in [0.25, 0.3) is 0 Å². The number of nitrogens with zero attached hydrogens (tertiary/aromatic N) is 1. The molecule has 0 radical (unpaired) electrons. The lowest BCUT2D eigenvalue weighted by atomic mass is 9.82. The minimum Gasteiger partial charge on any atom is -0.365 e. The van der Waals surface area contributed by atoms with E-state index in [9.17, 15) is 4.79 Å². The number of benzene rings is 3. The van der Waals surface area contributed by atoms with Gasteiger partial charge in [0.05, 0.1) is 0 Å². The SMILES string of the molecule is CC(C)(C)c1ccc(CNC(C(=O)ON(C2CCCCC2)C2CCCCC2)(c2ccccc2)c2ccccc2)cc1. The summed E-state index contributed by atoms with van der Waals surface area (Å²) < 4.78 is 0. The molecule has 0 bridgehead atoms. The van der Waals surface area contributed by atoms with Gasteiger partial charge in [0.15, 0.2) is 5.54 Å². The predicted octanol–water partition coefficient (Wildman–Crippen LogP) is 8.44. The molecular weight excluding hydrogens is 504 g/mol. The monoisotopic (exact) mass is 552 g/mol. The first-order chi connectivity index (χ1) is 19.9. The Morgan fingerprint density at radius 3 is 1.59 bits per heavy atom. The van der Waals surface area contributed by atoms with Crippen LogP contribution >= 0.6 is 0 Å². The molecule has 5 rings (SSSR count). The number of carbonyl (C=O) groups is 1. The number of nitrogens with one attached hydrogen (secondary N) is 1. The topological polar surface area (TPSA) is 41.6 Å². The van der Waals surface area contributed by atoms with Crippen LogP contribution in [0.5, 0.6) is 0 Å². The minimum absolute atomic E-state index is 0.0926. The van der Waals surface area contributed by atoms with Crippen LogP contribution in [0.2, 0.25) is 0 Å². The maximum Gasteiger partial charge on any atom is 0.354 e. The predicted molar refractivity (Wildman–Crippen MR) is 167 cm³/mol. The second-order valence-corrected chi connectivity index (χ2v) is 13.1. The van der Waals surface area contributed by atoms with E-state index in [0.717, 1.165) is 42.4 Å². The molecule has 0 saturated heterocycles. The lowest BCUT2D eigenvalue weighted by molar-refractivity contribution is -0.228. The Morgan fingerprint density at radius 2 is 1.15 bits per heavy atom. The molecule has 41 heavy (non-hydrogen) atoms. The summed E-state index contributed by atoms with van der Waals surface area (Å²) in [4.78, 5) is 21.5. The molecule has 0 aliphatic heterocycles. The van der Waals surface area contributed by atoms with Gasteiger partial charge < -0.3 is 4.84 Å². The summed E-state index contributed by atoms with van der Waals surface area (Å²) in [6.07, 6.45) is 11.8. The lowest BCUT2D eigenvalue weighted by Crippen LogP contribution is -2.55. The molecule has 0 aromatic heterocycles. The highest BCUT2D eigenvalue weighted by Gasteiger charge is 2.46. The fraction of sp³-hybridized carbons (Fsp3) is 0.486. The van der Waals surface area contributed by atoms with Gasteiger partial charge in [0.1, 0.15) is 0 Å². The Kier molecular flexibility index (Phi) is 9.62. The van der Waals surface area contributed by atoms with Gasteiger partial charge in [-0.1, -0.05) is 144 Å². The summed E-state index contributed by atoms with van der Waals surface area (Å²) in [6.45, 7) is 7.24. The van der Waals surface area contributed by atoms with E-state index in [1.165, 1.54) is 44.1 Å². The number of hydrogen-bond acceptors (Lipinski definition) is 4. The average Bonchev–Trinajstić information content (AvgIpc) is 3.02. The van der Waals surface area contributed by atoms with Gasteiger partial charge in [0, 0.05) is 18.6 Å². The van der Waals surface area contributed by atoms with Gasteiger partial charge in [-0.2, -0.15) is 0 Å². The van der Waals surface area contributed by atoms with E-state index in [0.29, 0.717) is 18.6 Å². The van der Waals surface area contributed by atoms with Crippen molar-refractivity contribution in [3.05, 3.63) is 107 Å². The highest BCUT2D eigenvalue weighted by atomic mass is 16.7. The molecule has 3 aromatic rings. The Bertz CT molecular complexity index is 1160. The summed E-state index contributed by atoms with van der Waals surface area (Å²) in [5, 5.41) is 5.90. The zero-order chi connectivity index (χ0) is 28.7. The Morgan fingerprint density at radius 1 is 0.683 bits per heavy atom. The molecule has 0 unspecified atom stereocenters. The van der Waals surface area contributed by atoms with Crippen LogP contribution in [0.3, 0.4) is 0 Å². The highest BCUT2D eigenvalue weighted by Crippen LogP contribution is 2.36. The lowest BCUT2D eigenvalue weighted by Gasteiger charge is -2.42. The van der Waals surface area contributed by atoms with E-state index < -0.39 is 5.54 Å². The smallest absolute Gasteiger partial charge is 0.354 e. The van der Waals surface area contributed by atoms with Gasteiger partial charge in [-0.25, -0.2) is 4.79 Å². The average molecular weight is 553 g/mol. The van der Waals surface area contributed by atoms with Crippen molar-refractivity contribution in [3.63, 3.8) is 0 Å². The summed E-state index contributed by atoms with van der Waals surface area (Å²) in [6, 6.07) is 29.6. The molecule has 1 N–H and O–H groups in total. The molecule has 2 saturated carbocycles. The van der Waals surface area contributed by atoms with Crippen molar-refractivity contribution in [2.24, 2.45) is 0 Å². The molecule has 3 aromatic carbocycles. The van der Waals surface area contributed by atoms with Gasteiger partial charge in [-0.15, -0.1) is 5.06 Å². The number of carbonyl (C=O) groups excluding carboxylic acids is 1. The van der Waals surface area contributed by atoms with Crippen LogP contribution in [0.4, 0.5) is 0 Å². The van der Waals surface area contributed by atoms with E-state index in [1.807, 2.05) is 36.4 Å². The van der Waals surface area contributed by atoms with Crippen LogP contribution in [-0.2, 0) is 27.1 Å². The minimum atomic E-state index is -1.15. The summed E-state index contributed by atoms with van der Waals surface area (Å²) in [7, 11) is 0. The molecule has 4 heteroatoms. The third kappa shape index (κ3) is 6.93. The van der Waals surface area contributed by atoms with Crippen LogP contribution in [0.25, 0.3) is 0 Å². The fourth-order valence-electron chi connectivity index (χ4n) is 6.69. The quantitative estimate of drug-likeness (QED) is 0.271. The van der Waals surface area contributed by atoms with Crippen molar-refractivity contribution in [2.75, 3.05) is 0 Å². The van der Waals surface area contributed by atoms with Gasteiger partial charge in [-0.05, 0) is 53.4 Å². The van der Waals surface area contributed by atoms with E-state index >= 15 is 0 Å². The largest absolute Gasteiger partial charge is 0.365 e. The first kappa shape index (κ1) is 29.5. The Hall–Kier alpha value is -2.95. The first-order valence-electron chi connectivity index (χ1n) is 15.8. The van der Waals surface area contributed by atoms with Gasteiger partial charge in [0.2, 0.25) is 0 Å². The fourth-order valence-corrected chi connectivity index (χ4v) is 6.69. The summed E-state index contributed by atoms with van der Waals surface area (Å²) in [5.41, 5.74) is 3.18. The highest BCUT2D eigenvalue weighted by molar-refractivity contribution is 5.87. The number of hydroxylamine groups is 2. The molecule has 0 amide bonds. The van der Waals surface area contributed by atoms with Crippen molar-refractivity contribution in [3.8, 4) is 0 Å². The molecule has 0 atom stereocenters. The zero-order valence-electron chi connectivity index (χ0n) is 25.3. The molecule has 4 nitrogen and oxygen atoms in total. The molecule has 2 aliphatic rings. The van der Waals surface area contributed by atoms with Crippen molar-refractivity contribution in [1.29, 1.82) is 0 Å². The molecular formula is C37H48N2O2. The van der Waals surface area contributed by atoms with Crippen molar-refractivity contribution < 1.29 is 9.63 Å². The van der Waals surface area contributed by atoms with Crippen LogP contribution in [0.1, 0.15) is 107 Å². The Balaban J connectivity index is 1.52. The van der Waals surface area contributed by atoms with E-state index in [-0.39, 0.29) is 11.4 Å². The molecule has 218 valence electrons. The zero-order valence-corrected chi connectivity index (χ0v) is 25.3. The van der Waals surface area contributed by atoms with Crippen molar-refractivity contribution in [1.82, 2.24) is 10.4 Å². The Labute approximate surface area is 247 Å². The van der Waals surface area contributed by atoms with Crippen molar-refractivity contribution >= 4 is 5.97 Å². The van der Waals surface area contributed by atoms with E-state index in [2.05, 4.69) is 79.7 Å². The maximum atomic E-state index is 14.8. The van der Waals surface area contributed by atoms with Crippen molar-refractivity contribution in [2.45, 2.75) is 115 Å². The van der Waals surface area contributed by atoms with Crippen LogP contribution in [-0.4, -0.2) is 23.1 Å². The standard InChI is InChI=1S/C37H48N2O2/c1-36(2,3)30-26-24-29(25-27-30)28-38-37(31-16-8-4-9-17-31,32-18-10-5-11-19-32)35(40)41-39(33-20-12-6-13-21-33)34-22-14-7-15-23-34/h4-5,8-11,16-19,24-27,33-34,38H,6-7,12-15,20-23,28H2,1-3H3. The summed E-state index contributed by atoms with van der Waals surface area (Å²) in [5.74, 6) is -0.239. The van der Waals surface area contributed by atoms with Gasteiger partial charge >= 0.3 is 5.97 Å². The molecule has 2 fully saturated rings. The normalized spacial score (nSPS) is 17.5. The van der Waals surface area contributed by atoms with Crippen LogP contribution in [0, 0.1) is 0 Å². The van der Waals surface area contributed by atoms with Gasteiger partial charge in [-0.3, -0.25) is 5.32 Å². The molecule has 2 aliphatic carbocycles. The molecule has 0 spiro atoms.